The highest BCUT2D eigenvalue weighted by Crippen LogP contribution is 1.68. The zero-order valence-corrected chi connectivity index (χ0v) is 6.63. The van der Waals surface area contributed by atoms with Gasteiger partial charge in [0.2, 0.25) is 0 Å². The van der Waals surface area contributed by atoms with E-state index in [1.807, 2.05) is 0 Å². The van der Waals surface area contributed by atoms with Gasteiger partial charge in [0, 0.05) is 0 Å². The van der Waals surface area contributed by atoms with Crippen LogP contribution in [0.5, 0.6) is 0 Å². The molecule has 1 atom stereocenters. The van der Waals surface area contributed by atoms with Gasteiger partial charge in [-0.25, -0.2) is 0 Å². The smallest absolute Gasteiger partial charge is 0.407 e. The van der Waals surface area contributed by atoms with E-state index in [1.54, 1.807) is 0 Å². The van der Waals surface area contributed by atoms with Crippen LogP contribution in [0.4, 0.5) is 0 Å². The molecule has 0 saturated carbocycles. The van der Waals surface area contributed by atoms with Gasteiger partial charge in [0.25, 0.3) is 0 Å². The van der Waals surface area contributed by atoms with Gasteiger partial charge in [0.05, 0.1) is 12.7 Å². The maximum Gasteiger partial charge on any atom is 0.407 e. The predicted octanol–water partition coefficient (Wildman–Crippen LogP) is -2.11. The Hall–Kier alpha value is 0.412. The minimum absolute atomic E-state index is 0.139. The molecule has 0 bridgehead atoms. The van der Waals surface area contributed by atoms with E-state index in [9.17, 15) is 0 Å². The molecular weight excluding hydrogens is 111 g/mol. The van der Waals surface area contributed by atoms with Crippen molar-refractivity contribution in [3.8, 4) is 0 Å². The Balaban J connectivity index is 0. The number of hydrogen-bond donors (Lipinski definition) is 3. The zero-order valence-electron chi connectivity index (χ0n) is 4.63. The molecule has 0 aromatic carbocycles. The lowest BCUT2D eigenvalue weighted by Gasteiger charge is -1.90. The van der Waals surface area contributed by atoms with E-state index < -0.39 is 6.10 Å². The van der Waals surface area contributed by atoms with Crippen molar-refractivity contribution in [2.45, 2.75) is 13.0 Å². The number of hydrogen-bond acceptors (Lipinski definition) is 3. The number of aliphatic hydroxyl groups is 2. The van der Waals surface area contributed by atoms with Crippen molar-refractivity contribution in [2.75, 3.05) is 6.61 Å². The van der Waals surface area contributed by atoms with Gasteiger partial charge in [-0.3, -0.25) is 0 Å². The first-order valence-electron chi connectivity index (χ1n) is 2.01. The van der Waals surface area contributed by atoms with Crippen LogP contribution in [0.15, 0.2) is 0 Å². The van der Waals surface area contributed by atoms with Crippen molar-refractivity contribution in [3.63, 3.8) is 0 Å². The molecule has 0 fully saturated rings. The van der Waals surface area contributed by atoms with Crippen molar-refractivity contribution in [1.82, 2.24) is 0 Å². The molecule has 4 heteroatoms. The van der Waals surface area contributed by atoms with Crippen LogP contribution in [-0.4, -0.2) is 43.7 Å². The second-order valence-corrected chi connectivity index (χ2v) is 1.03. The third-order valence-electron chi connectivity index (χ3n) is 0.264. The first-order valence-corrected chi connectivity index (χ1v) is 2.90. The van der Waals surface area contributed by atoms with Gasteiger partial charge in [0.1, 0.15) is 0 Å². The Morgan fingerprint density at radius 1 is 1.57 bits per heavy atom. The number of aliphatic hydroxyl groups excluding tert-OH is 2. The lowest BCUT2D eigenvalue weighted by atomic mass is 10.5. The molecular formula is C3H11AlO3. The molecule has 3 N–H and O–H groups in total. The normalized spacial score (nSPS) is 11.4. The molecule has 7 heavy (non-hydrogen) atoms. The summed E-state index contributed by atoms with van der Waals surface area (Å²) >= 11 is 0.306. The van der Waals surface area contributed by atoms with Crippen LogP contribution in [0.3, 0.4) is 0 Å². The van der Waals surface area contributed by atoms with E-state index in [0.717, 1.165) is 0 Å². The highest BCUT2D eigenvalue weighted by Gasteiger charge is 1.83. The van der Waals surface area contributed by atoms with Crippen LogP contribution in [0.1, 0.15) is 6.92 Å². The Morgan fingerprint density at radius 3 is 1.71 bits per heavy atom. The maximum absolute atomic E-state index is 8.11. The van der Waals surface area contributed by atoms with Gasteiger partial charge < -0.3 is 14.4 Å². The quantitative estimate of drug-likeness (QED) is 0.349. The topological polar surface area (TPSA) is 60.7 Å². The second kappa shape index (κ2) is 9.65. The second-order valence-electron chi connectivity index (χ2n) is 1.03. The van der Waals surface area contributed by atoms with Gasteiger partial charge in [-0.2, -0.15) is 0 Å². The minimum atomic E-state index is -0.560. The zero-order chi connectivity index (χ0) is 6.28. The molecule has 0 saturated heterocycles. The molecule has 0 amide bonds. The molecule has 44 valence electrons. The predicted molar refractivity (Wildman–Crippen MR) is 29.5 cm³/mol. The molecule has 0 rings (SSSR count). The third kappa shape index (κ3) is 21.5. The van der Waals surface area contributed by atoms with Crippen LogP contribution >= 0.6 is 0 Å². The fourth-order valence-corrected chi connectivity index (χ4v) is 0. The van der Waals surface area contributed by atoms with Crippen molar-refractivity contribution in [1.29, 1.82) is 0 Å². The van der Waals surface area contributed by atoms with Gasteiger partial charge in [-0.05, 0) is 6.92 Å². The average Bonchev–Trinajstić information content (AvgIpc) is 1.73. The first-order chi connectivity index (χ1) is 3.27. The Kier molecular flexibility index (Phi) is 14.3. The molecule has 1 unspecified atom stereocenters. The largest absolute Gasteiger partial charge is 0.521 e. The van der Waals surface area contributed by atoms with E-state index in [4.69, 9.17) is 14.4 Å². The lowest BCUT2D eigenvalue weighted by molar-refractivity contribution is 0.110. The van der Waals surface area contributed by atoms with Crippen LogP contribution < -0.4 is 0 Å². The molecule has 0 radical (unpaired) electrons. The van der Waals surface area contributed by atoms with E-state index in [0.29, 0.717) is 16.6 Å². The van der Waals surface area contributed by atoms with Crippen LogP contribution in [0.2, 0.25) is 0 Å². The van der Waals surface area contributed by atoms with Crippen molar-refractivity contribution in [2.24, 2.45) is 0 Å². The van der Waals surface area contributed by atoms with E-state index in [2.05, 4.69) is 0 Å². The Bertz CT molecular complexity index is 24.1. The first kappa shape index (κ1) is 10.4. The van der Waals surface area contributed by atoms with Gasteiger partial charge in [-0.1, -0.05) is 0 Å². The van der Waals surface area contributed by atoms with E-state index in [-0.39, 0.29) is 6.61 Å². The monoisotopic (exact) mass is 122 g/mol. The molecule has 0 aliphatic carbocycles. The molecule has 0 heterocycles. The Labute approximate surface area is 51.4 Å². The standard InChI is InChI=1S/C3H8O2.Al.H2O.2H/c1-3(5)2-4;;;;/h3-5H,2H2,1H3;;1H2;;/q;+1;;;/p-1. The van der Waals surface area contributed by atoms with Crippen molar-refractivity contribution >= 4 is 16.6 Å². The van der Waals surface area contributed by atoms with Gasteiger partial charge >= 0.3 is 16.6 Å². The summed E-state index contributed by atoms with van der Waals surface area (Å²) in [5, 5.41) is 16.0. The van der Waals surface area contributed by atoms with Crippen LogP contribution in [0.25, 0.3) is 0 Å². The molecule has 0 spiro atoms. The van der Waals surface area contributed by atoms with Crippen molar-refractivity contribution in [3.05, 3.63) is 0 Å². The van der Waals surface area contributed by atoms with Crippen LogP contribution in [-0.2, 0) is 0 Å². The minimum Gasteiger partial charge on any atom is -0.521 e. The van der Waals surface area contributed by atoms with Crippen molar-refractivity contribution < 1.29 is 14.4 Å². The summed E-state index contributed by atoms with van der Waals surface area (Å²) in [7, 11) is 0. The molecule has 0 aliphatic rings. The highest BCUT2D eigenvalue weighted by atomic mass is 27.1. The third-order valence-corrected chi connectivity index (χ3v) is 0.264. The summed E-state index contributed by atoms with van der Waals surface area (Å²) in [6.07, 6.45) is -0.560. The summed E-state index contributed by atoms with van der Waals surface area (Å²) in [5.41, 5.74) is 0. The molecule has 0 aromatic rings. The fourth-order valence-electron chi connectivity index (χ4n) is 0. The highest BCUT2D eigenvalue weighted by molar-refractivity contribution is 5.95. The molecule has 3 nitrogen and oxygen atoms in total. The Morgan fingerprint density at radius 2 is 1.71 bits per heavy atom. The summed E-state index contributed by atoms with van der Waals surface area (Å²) < 4.78 is 7.14. The summed E-state index contributed by atoms with van der Waals surface area (Å²) in [5.74, 6) is 0. The molecule has 0 aromatic heterocycles. The number of rotatable bonds is 1. The lowest BCUT2D eigenvalue weighted by Crippen LogP contribution is -2.03. The SMILES string of the molecule is CC(O)CO.[OH][AlH2]. The van der Waals surface area contributed by atoms with Gasteiger partial charge in [0.15, 0.2) is 0 Å². The average molecular weight is 122 g/mol. The summed E-state index contributed by atoms with van der Waals surface area (Å²) in [6.45, 7) is 1.39. The van der Waals surface area contributed by atoms with Gasteiger partial charge in [-0.15, -0.1) is 0 Å². The van der Waals surface area contributed by atoms with Crippen LogP contribution in [0, 0.1) is 0 Å². The maximum atomic E-state index is 8.11. The van der Waals surface area contributed by atoms with E-state index >= 15 is 0 Å². The summed E-state index contributed by atoms with van der Waals surface area (Å²) in [6, 6.07) is 0. The molecule has 0 aliphatic heterocycles. The fraction of sp³-hybridized carbons (Fsp3) is 1.00. The summed E-state index contributed by atoms with van der Waals surface area (Å²) in [4.78, 5) is 0. The van der Waals surface area contributed by atoms with E-state index in [1.165, 1.54) is 6.92 Å².